The first kappa shape index (κ1) is 26.6. The van der Waals surface area contributed by atoms with Crippen LogP contribution in [0.4, 0.5) is 5.69 Å². The van der Waals surface area contributed by atoms with Crippen LogP contribution in [0, 0.1) is 0 Å². The molecule has 37 heavy (non-hydrogen) atoms. The number of fused-ring (bicyclic) bond motifs is 1. The number of aromatic hydroxyl groups is 1. The minimum Gasteiger partial charge on any atom is -0.494 e. The van der Waals surface area contributed by atoms with Crippen LogP contribution in [0.25, 0.3) is 10.9 Å². The summed E-state index contributed by atoms with van der Waals surface area (Å²) in [5.41, 5.74) is 12.0. The number of methoxy groups -OCH3 is 1. The number of aromatic amines is 1. The first-order chi connectivity index (χ1) is 17.8. The summed E-state index contributed by atoms with van der Waals surface area (Å²) in [4.78, 5) is 19.6. The Kier molecular flexibility index (Phi) is 8.15. The third-order valence-electron chi connectivity index (χ3n) is 7.00. The van der Waals surface area contributed by atoms with Crippen LogP contribution < -0.4 is 5.73 Å². The number of carbonyl (C=O) groups excluding carboxylic acids is 1. The topological polar surface area (TPSA) is 101 Å². The average Bonchev–Trinajstić information content (AvgIpc) is 3.24. The molecule has 0 radical (unpaired) electrons. The monoisotopic (exact) mass is 561 g/mol. The van der Waals surface area contributed by atoms with Gasteiger partial charge in [0.15, 0.2) is 5.88 Å². The summed E-state index contributed by atoms with van der Waals surface area (Å²) in [7, 11) is 1.39. The molecule has 1 heterocycles. The Hall–Kier alpha value is -3.42. The second-order valence-corrected chi connectivity index (χ2v) is 10.1. The van der Waals surface area contributed by atoms with Crippen LogP contribution in [0.5, 0.6) is 5.88 Å². The summed E-state index contributed by atoms with van der Waals surface area (Å²) in [6.45, 7) is 4.20. The molecule has 0 aliphatic heterocycles. The highest BCUT2D eigenvalue weighted by Crippen LogP contribution is 2.34. The Labute approximate surface area is 225 Å². The van der Waals surface area contributed by atoms with E-state index in [1.54, 1.807) is 0 Å². The number of nitrogens with one attached hydrogen (secondary N) is 1. The van der Waals surface area contributed by atoms with E-state index in [-0.39, 0.29) is 17.4 Å². The van der Waals surface area contributed by atoms with Crippen molar-refractivity contribution in [3.05, 3.63) is 93.5 Å². The van der Waals surface area contributed by atoms with Crippen molar-refractivity contribution in [1.29, 1.82) is 0 Å². The molecule has 0 aliphatic rings. The number of hydrogen-bond acceptors (Lipinski definition) is 5. The van der Waals surface area contributed by atoms with Gasteiger partial charge in [0.25, 0.3) is 0 Å². The van der Waals surface area contributed by atoms with Gasteiger partial charge in [-0.1, -0.05) is 72.2 Å². The summed E-state index contributed by atoms with van der Waals surface area (Å²) < 4.78 is 5.67. The lowest BCUT2D eigenvalue weighted by Gasteiger charge is -2.27. The molecule has 192 valence electrons. The minimum atomic E-state index is -0.367. The Morgan fingerprint density at radius 3 is 2.35 bits per heavy atom. The molecule has 0 aliphatic carbocycles. The second-order valence-electron chi connectivity index (χ2n) is 9.18. The van der Waals surface area contributed by atoms with Crippen molar-refractivity contribution in [3.63, 3.8) is 0 Å². The lowest BCUT2D eigenvalue weighted by molar-refractivity contribution is -0.140. The molecule has 4 rings (SSSR count). The van der Waals surface area contributed by atoms with E-state index in [0.29, 0.717) is 24.1 Å². The van der Waals surface area contributed by atoms with Gasteiger partial charge < -0.3 is 20.6 Å². The molecule has 0 saturated heterocycles. The molecule has 0 saturated carbocycles. The Morgan fingerprint density at radius 1 is 1.05 bits per heavy atom. The highest BCUT2D eigenvalue weighted by Gasteiger charge is 2.23. The molecule has 0 atom stereocenters. The number of hydrogen-bond donors (Lipinski definition) is 3. The predicted molar refractivity (Wildman–Crippen MR) is 153 cm³/mol. The first-order valence-electron chi connectivity index (χ1n) is 12.4. The van der Waals surface area contributed by atoms with Crippen LogP contribution in [0.3, 0.4) is 0 Å². The van der Waals surface area contributed by atoms with Crippen molar-refractivity contribution in [3.8, 4) is 5.88 Å². The van der Waals surface area contributed by atoms with E-state index in [0.717, 1.165) is 50.6 Å². The van der Waals surface area contributed by atoms with Gasteiger partial charge in [-0.05, 0) is 54.7 Å². The zero-order chi connectivity index (χ0) is 26.6. The van der Waals surface area contributed by atoms with Gasteiger partial charge in [0.05, 0.1) is 29.6 Å². The van der Waals surface area contributed by atoms with Gasteiger partial charge in [-0.2, -0.15) is 0 Å². The largest absolute Gasteiger partial charge is 0.494 e. The van der Waals surface area contributed by atoms with Crippen molar-refractivity contribution in [1.82, 2.24) is 4.98 Å². The minimum absolute atomic E-state index is 0.0520. The van der Waals surface area contributed by atoms with Crippen LogP contribution in [0.2, 0.25) is 0 Å². The zero-order valence-corrected chi connectivity index (χ0v) is 22.9. The van der Waals surface area contributed by atoms with Crippen LogP contribution in [-0.4, -0.2) is 28.9 Å². The van der Waals surface area contributed by atoms with E-state index in [9.17, 15) is 9.90 Å². The van der Waals surface area contributed by atoms with Crippen molar-refractivity contribution >= 4 is 44.2 Å². The molecular weight excluding hydrogens is 530 g/mol. The van der Waals surface area contributed by atoms with E-state index < -0.39 is 0 Å². The molecular formula is C30H32BrN3O3. The predicted octanol–water partition coefficient (Wildman–Crippen LogP) is 6.88. The number of aromatic nitrogens is 1. The lowest BCUT2D eigenvalue weighted by Crippen LogP contribution is -2.34. The number of nitrogens with zero attached hydrogens (tertiary/aromatic N) is 1. The fourth-order valence-electron chi connectivity index (χ4n) is 4.49. The number of nitrogens with two attached hydrogens (primary N) is 1. The van der Waals surface area contributed by atoms with Crippen LogP contribution in [-0.2, 0) is 21.5 Å². The summed E-state index contributed by atoms with van der Waals surface area (Å²) in [6.07, 6.45) is 2.60. The van der Waals surface area contributed by atoms with Gasteiger partial charge >= 0.3 is 5.97 Å². The zero-order valence-electron chi connectivity index (χ0n) is 21.3. The summed E-state index contributed by atoms with van der Waals surface area (Å²) in [6, 6.07) is 21.7. The van der Waals surface area contributed by atoms with Crippen molar-refractivity contribution in [2.75, 3.05) is 7.11 Å². The van der Waals surface area contributed by atoms with Gasteiger partial charge in [0.1, 0.15) is 0 Å². The van der Waals surface area contributed by atoms with Crippen LogP contribution >= 0.6 is 15.9 Å². The fraction of sp³-hybridized carbons (Fsp3) is 0.267. The number of aryl methyl sites for hydroxylation is 1. The molecule has 0 fully saturated rings. The Morgan fingerprint density at radius 2 is 1.73 bits per heavy atom. The molecule has 3 aromatic carbocycles. The number of esters is 1. The average molecular weight is 563 g/mol. The van der Waals surface area contributed by atoms with Crippen molar-refractivity contribution < 1.29 is 14.6 Å². The van der Waals surface area contributed by atoms with E-state index >= 15 is 0 Å². The van der Waals surface area contributed by atoms with E-state index in [1.807, 2.05) is 66.7 Å². The number of rotatable bonds is 9. The maximum absolute atomic E-state index is 11.5. The van der Waals surface area contributed by atoms with Gasteiger partial charge in [-0.3, -0.25) is 4.79 Å². The highest BCUT2D eigenvalue weighted by atomic mass is 79.9. The molecule has 0 bridgehead atoms. The van der Waals surface area contributed by atoms with Gasteiger partial charge in [0.2, 0.25) is 0 Å². The van der Waals surface area contributed by atoms with E-state index in [2.05, 4.69) is 34.8 Å². The van der Waals surface area contributed by atoms with Gasteiger partial charge in [-0.25, -0.2) is 4.99 Å². The molecule has 1 aromatic heterocycles. The SMILES string of the molecule is CCC(N)(CC)c1ccc(N=C(c2ccc(CCC(=O)OC)cc2)c2c(O)[nH]c3cc(Br)ccc23)cc1. The first-order valence-corrected chi connectivity index (χ1v) is 13.2. The third kappa shape index (κ3) is 5.78. The fourth-order valence-corrected chi connectivity index (χ4v) is 4.85. The van der Waals surface area contributed by atoms with Gasteiger partial charge in [0, 0.05) is 27.4 Å². The van der Waals surface area contributed by atoms with E-state index in [1.165, 1.54) is 7.11 Å². The molecule has 4 aromatic rings. The number of benzene rings is 3. The number of aliphatic imine (C=N–C) groups is 1. The summed E-state index contributed by atoms with van der Waals surface area (Å²) in [5.74, 6) is -0.187. The standard InChI is InChI=1S/C30H32BrN3O3/c1-4-30(32,5-2)21-11-14-23(15-12-21)33-28(20-9-6-19(7-10-20)8-17-26(35)37-3)27-24-16-13-22(31)18-25(24)34-29(27)36/h6-7,9-16,18,34,36H,4-5,8,17,32H2,1-3H3. The maximum Gasteiger partial charge on any atom is 0.305 e. The van der Waals surface area contributed by atoms with Crippen molar-refractivity contribution in [2.24, 2.45) is 10.7 Å². The number of halogens is 1. The van der Waals surface area contributed by atoms with Gasteiger partial charge in [-0.15, -0.1) is 0 Å². The molecule has 6 nitrogen and oxygen atoms in total. The Bertz CT molecular complexity index is 1420. The van der Waals surface area contributed by atoms with E-state index in [4.69, 9.17) is 15.5 Å². The molecule has 7 heteroatoms. The maximum atomic E-state index is 11.5. The second kappa shape index (κ2) is 11.3. The third-order valence-corrected chi connectivity index (χ3v) is 7.49. The molecule has 0 amide bonds. The molecule has 4 N–H and O–H groups in total. The number of carbonyl (C=O) groups is 1. The number of H-pyrrole nitrogens is 1. The quantitative estimate of drug-likeness (QED) is 0.153. The molecule has 0 unspecified atom stereocenters. The molecule has 0 spiro atoms. The Balaban J connectivity index is 1.79. The van der Waals surface area contributed by atoms with Crippen molar-refractivity contribution in [2.45, 2.75) is 45.1 Å². The van der Waals surface area contributed by atoms with Crippen LogP contribution in [0.15, 0.2) is 76.2 Å². The number of ether oxygens (including phenoxy) is 1. The summed E-state index contributed by atoms with van der Waals surface area (Å²) >= 11 is 3.50. The smallest absolute Gasteiger partial charge is 0.305 e. The lowest BCUT2D eigenvalue weighted by atomic mass is 9.86. The normalized spacial score (nSPS) is 12.2. The highest BCUT2D eigenvalue weighted by molar-refractivity contribution is 9.10. The summed E-state index contributed by atoms with van der Waals surface area (Å²) in [5, 5.41) is 11.8. The van der Waals surface area contributed by atoms with Crippen LogP contribution in [0.1, 0.15) is 55.4 Å².